The first-order valence-corrected chi connectivity index (χ1v) is 7.83. The van der Waals surface area contributed by atoms with Crippen LogP contribution in [0, 0.1) is 11.3 Å². The Kier molecular flexibility index (Phi) is 4.57. The number of fused-ring (bicyclic) bond motifs is 1. The molecular weight excluding hydrogens is 302 g/mol. The van der Waals surface area contributed by atoms with Crippen molar-refractivity contribution in [1.29, 1.82) is 0 Å². The molecule has 1 N–H and O–H groups in total. The molecule has 1 aromatic carbocycles. The van der Waals surface area contributed by atoms with Gasteiger partial charge in [0.2, 0.25) is 0 Å². The number of rotatable bonds is 3. The van der Waals surface area contributed by atoms with Crippen molar-refractivity contribution in [3.05, 3.63) is 28.2 Å². The van der Waals surface area contributed by atoms with Crippen molar-refractivity contribution < 1.29 is 4.74 Å². The Balaban J connectivity index is 2.05. The average molecular weight is 326 g/mol. The van der Waals surface area contributed by atoms with E-state index in [9.17, 15) is 0 Å². The second-order valence-electron chi connectivity index (χ2n) is 6.55. The minimum Gasteiger partial charge on any atom is -0.493 e. The summed E-state index contributed by atoms with van der Waals surface area (Å²) in [6, 6.07) is 6.68. The van der Waals surface area contributed by atoms with Gasteiger partial charge in [0.15, 0.2) is 0 Å². The number of hydrogen-bond acceptors (Lipinski definition) is 2. The Hall–Kier alpha value is -0.540. The molecule has 0 bridgehead atoms. The molecule has 1 aliphatic rings. The molecular formula is C16H24BrNO. The minimum absolute atomic E-state index is 0.346. The predicted octanol–water partition coefficient (Wildman–Crippen LogP) is 4.54. The van der Waals surface area contributed by atoms with Crippen LogP contribution in [0.15, 0.2) is 22.7 Å². The van der Waals surface area contributed by atoms with Gasteiger partial charge < -0.3 is 10.1 Å². The predicted molar refractivity (Wildman–Crippen MR) is 83.6 cm³/mol. The first-order chi connectivity index (χ1) is 8.88. The number of nitrogens with one attached hydrogen (secondary N) is 1. The summed E-state index contributed by atoms with van der Waals surface area (Å²) in [6.07, 6.45) is 1.04. The normalized spacial score (nSPS) is 20.6. The zero-order valence-electron chi connectivity index (χ0n) is 12.3. The van der Waals surface area contributed by atoms with Gasteiger partial charge in [0.05, 0.1) is 6.61 Å². The van der Waals surface area contributed by atoms with Gasteiger partial charge in [-0.1, -0.05) is 43.6 Å². The molecule has 2 atom stereocenters. The molecule has 0 aliphatic carbocycles. The molecule has 0 amide bonds. The van der Waals surface area contributed by atoms with E-state index >= 15 is 0 Å². The minimum atomic E-state index is 0.346. The maximum atomic E-state index is 5.72. The summed E-state index contributed by atoms with van der Waals surface area (Å²) in [6.45, 7) is 11.1. The zero-order chi connectivity index (χ0) is 14.0. The SMILES string of the molecule is CC(CNC1CCOc2ccc(Br)cc21)C(C)(C)C. The maximum absolute atomic E-state index is 5.72. The van der Waals surface area contributed by atoms with E-state index < -0.39 is 0 Å². The molecule has 0 fully saturated rings. The summed E-state index contributed by atoms with van der Waals surface area (Å²) in [5.41, 5.74) is 1.62. The number of halogens is 1. The van der Waals surface area contributed by atoms with Crippen LogP contribution in [0.1, 0.15) is 45.7 Å². The Morgan fingerprint density at radius 1 is 1.42 bits per heavy atom. The zero-order valence-corrected chi connectivity index (χ0v) is 13.9. The number of ether oxygens (including phenoxy) is 1. The molecule has 0 saturated heterocycles. The molecule has 19 heavy (non-hydrogen) atoms. The van der Waals surface area contributed by atoms with Crippen LogP contribution in [-0.4, -0.2) is 13.2 Å². The Labute approximate surface area is 125 Å². The van der Waals surface area contributed by atoms with Gasteiger partial charge in [-0.2, -0.15) is 0 Å². The van der Waals surface area contributed by atoms with E-state index in [1.54, 1.807) is 0 Å². The lowest BCUT2D eigenvalue weighted by Gasteiger charge is -2.32. The van der Waals surface area contributed by atoms with Crippen LogP contribution in [0.2, 0.25) is 0 Å². The molecule has 0 saturated carbocycles. The first kappa shape index (κ1) is 14.9. The van der Waals surface area contributed by atoms with Crippen LogP contribution in [0.5, 0.6) is 5.75 Å². The van der Waals surface area contributed by atoms with Gasteiger partial charge in [0, 0.05) is 22.5 Å². The Morgan fingerprint density at radius 3 is 2.84 bits per heavy atom. The number of hydrogen-bond donors (Lipinski definition) is 1. The van der Waals surface area contributed by atoms with Crippen molar-refractivity contribution in [2.45, 2.75) is 40.2 Å². The number of benzene rings is 1. The average Bonchev–Trinajstić information content (AvgIpc) is 2.34. The maximum Gasteiger partial charge on any atom is 0.124 e. The summed E-state index contributed by atoms with van der Waals surface area (Å²) < 4.78 is 6.84. The van der Waals surface area contributed by atoms with Gasteiger partial charge in [-0.05, 0) is 36.1 Å². The fourth-order valence-electron chi connectivity index (χ4n) is 2.20. The van der Waals surface area contributed by atoms with E-state index in [0.29, 0.717) is 17.4 Å². The molecule has 2 nitrogen and oxygen atoms in total. The van der Waals surface area contributed by atoms with E-state index in [1.807, 2.05) is 6.07 Å². The summed E-state index contributed by atoms with van der Waals surface area (Å²) >= 11 is 3.55. The highest BCUT2D eigenvalue weighted by Crippen LogP contribution is 2.34. The lowest BCUT2D eigenvalue weighted by molar-refractivity contribution is 0.218. The standard InChI is InChI=1S/C16H24BrNO/c1-11(16(2,3)4)10-18-14-7-8-19-15-6-5-12(17)9-13(14)15/h5-6,9,11,14,18H,7-8,10H2,1-4H3. The largest absolute Gasteiger partial charge is 0.493 e. The van der Waals surface area contributed by atoms with Crippen LogP contribution in [0.3, 0.4) is 0 Å². The van der Waals surface area contributed by atoms with E-state index in [4.69, 9.17) is 4.74 Å². The van der Waals surface area contributed by atoms with Crippen molar-refractivity contribution in [2.24, 2.45) is 11.3 Å². The quantitative estimate of drug-likeness (QED) is 0.880. The highest BCUT2D eigenvalue weighted by Gasteiger charge is 2.24. The van der Waals surface area contributed by atoms with Gasteiger partial charge in [-0.3, -0.25) is 0 Å². The Bertz CT molecular complexity index is 439. The molecule has 106 valence electrons. The summed E-state index contributed by atoms with van der Waals surface area (Å²) in [7, 11) is 0. The second-order valence-corrected chi connectivity index (χ2v) is 7.46. The molecule has 1 aliphatic heterocycles. The highest BCUT2D eigenvalue weighted by atomic mass is 79.9. The molecule has 1 aromatic rings. The molecule has 2 rings (SSSR count). The molecule has 3 heteroatoms. The smallest absolute Gasteiger partial charge is 0.124 e. The second kappa shape index (κ2) is 5.84. The van der Waals surface area contributed by atoms with E-state index in [-0.39, 0.29) is 0 Å². The monoisotopic (exact) mass is 325 g/mol. The van der Waals surface area contributed by atoms with Crippen LogP contribution < -0.4 is 10.1 Å². The third kappa shape index (κ3) is 3.73. The van der Waals surface area contributed by atoms with Crippen molar-refractivity contribution in [2.75, 3.05) is 13.2 Å². The molecule has 2 unspecified atom stereocenters. The fourth-order valence-corrected chi connectivity index (χ4v) is 2.58. The summed E-state index contributed by atoms with van der Waals surface area (Å²) in [5.74, 6) is 1.67. The summed E-state index contributed by atoms with van der Waals surface area (Å²) in [4.78, 5) is 0. The molecule has 0 spiro atoms. The van der Waals surface area contributed by atoms with Gasteiger partial charge in [-0.25, -0.2) is 0 Å². The van der Waals surface area contributed by atoms with Gasteiger partial charge in [0.1, 0.15) is 5.75 Å². The van der Waals surface area contributed by atoms with Gasteiger partial charge >= 0.3 is 0 Å². The third-order valence-corrected chi connectivity index (χ3v) is 4.65. The van der Waals surface area contributed by atoms with Crippen molar-refractivity contribution in [1.82, 2.24) is 5.32 Å². The van der Waals surface area contributed by atoms with Gasteiger partial charge in [0.25, 0.3) is 0 Å². The van der Waals surface area contributed by atoms with Crippen LogP contribution >= 0.6 is 15.9 Å². The molecule has 0 aromatic heterocycles. The highest BCUT2D eigenvalue weighted by molar-refractivity contribution is 9.10. The van der Waals surface area contributed by atoms with Crippen LogP contribution in [0.4, 0.5) is 0 Å². The van der Waals surface area contributed by atoms with Crippen molar-refractivity contribution >= 4 is 15.9 Å². The topological polar surface area (TPSA) is 21.3 Å². The van der Waals surface area contributed by atoms with Crippen molar-refractivity contribution in [3.8, 4) is 5.75 Å². The fraction of sp³-hybridized carbons (Fsp3) is 0.625. The molecule has 1 heterocycles. The van der Waals surface area contributed by atoms with Crippen molar-refractivity contribution in [3.63, 3.8) is 0 Å². The Morgan fingerprint density at radius 2 is 2.16 bits per heavy atom. The van der Waals surface area contributed by atoms with E-state index in [0.717, 1.165) is 29.8 Å². The van der Waals surface area contributed by atoms with Crippen LogP contribution in [0.25, 0.3) is 0 Å². The van der Waals surface area contributed by atoms with E-state index in [2.05, 4.69) is 61.1 Å². The first-order valence-electron chi connectivity index (χ1n) is 7.03. The third-order valence-electron chi connectivity index (χ3n) is 4.16. The van der Waals surface area contributed by atoms with Gasteiger partial charge in [-0.15, -0.1) is 0 Å². The molecule has 0 radical (unpaired) electrons. The van der Waals surface area contributed by atoms with E-state index in [1.165, 1.54) is 5.56 Å². The summed E-state index contributed by atoms with van der Waals surface area (Å²) in [5, 5.41) is 3.71. The lowest BCUT2D eigenvalue weighted by Crippen LogP contribution is -2.34. The van der Waals surface area contributed by atoms with Crippen LogP contribution in [-0.2, 0) is 0 Å². The lowest BCUT2D eigenvalue weighted by atomic mass is 9.82.